The predicted molar refractivity (Wildman–Crippen MR) is 112 cm³/mol. The number of nitrogens with one attached hydrogen (secondary N) is 1. The van der Waals surface area contributed by atoms with Crippen molar-refractivity contribution < 1.29 is 4.79 Å². The second kappa shape index (κ2) is 8.48. The Kier molecular flexibility index (Phi) is 5.83. The normalized spacial score (nSPS) is 18.6. The van der Waals surface area contributed by atoms with E-state index >= 15 is 0 Å². The summed E-state index contributed by atoms with van der Waals surface area (Å²) in [6, 6.07) is 8.23. The Labute approximate surface area is 169 Å². The molecule has 1 saturated carbocycles. The molecule has 1 aromatic heterocycles. The van der Waals surface area contributed by atoms with Crippen LogP contribution in [0.5, 0.6) is 0 Å². The van der Waals surface area contributed by atoms with Crippen LogP contribution in [0.15, 0.2) is 29.6 Å². The van der Waals surface area contributed by atoms with Gasteiger partial charge in [0.2, 0.25) is 0 Å². The number of aromatic nitrogens is 1. The van der Waals surface area contributed by atoms with Gasteiger partial charge in [0.1, 0.15) is 0 Å². The van der Waals surface area contributed by atoms with Crippen LogP contribution in [-0.2, 0) is 0 Å². The molecule has 0 bridgehead atoms. The number of anilines is 1. The Hall–Kier alpha value is -1.79. The molecule has 144 valence electrons. The van der Waals surface area contributed by atoms with Crippen LogP contribution in [0.1, 0.15) is 32.1 Å². The Morgan fingerprint density at radius 3 is 2.48 bits per heavy atom. The maximum atomic E-state index is 12.5. The summed E-state index contributed by atoms with van der Waals surface area (Å²) in [7, 11) is 0. The lowest BCUT2D eigenvalue weighted by Crippen LogP contribution is -2.53. The highest BCUT2D eigenvalue weighted by atomic mass is 35.5. The minimum Gasteiger partial charge on any atom is -0.345 e. The van der Waals surface area contributed by atoms with E-state index in [0.29, 0.717) is 6.04 Å². The van der Waals surface area contributed by atoms with Gasteiger partial charge in [0, 0.05) is 48.2 Å². The van der Waals surface area contributed by atoms with Gasteiger partial charge in [-0.15, -0.1) is 11.3 Å². The third-order valence-corrected chi connectivity index (χ3v) is 6.56. The molecule has 1 saturated heterocycles. The lowest BCUT2D eigenvalue weighted by molar-refractivity contribution is 0.186. The number of nitrogens with zero attached hydrogens (tertiary/aromatic N) is 3. The van der Waals surface area contributed by atoms with Gasteiger partial charge in [-0.1, -0.05) is 43.0 Å². The van der Waals surface area contributed by atoms with Gasteiger partial charge < -0.3 is 15.1 Å². The molecular weight excluding hydrogens is 380 g/mol. The molecule has 1 N–H and O–H groups in total. The van der Waals surface area contributed by atoms with Crippen LogP contribution >= 0.6 is 22.9 Å². The number of hydrogen-bond acceptors (Lipinski definition) is 4. The van der Waals surface area contributed by atoms with E-state index in [9.17, 15) is 4.79 Å². The molecule has 0 unspecified atom stereocenters. The minimum absolute atomic E-state index is 0.0996. The van der Waals surface area contributed by atoms with Crippen molar-refractivity contribution in [3.63, 3.8) is 0 Å². The zero-order chi connectivity index (χ0) is 18.6. The maximum absolute atomic E-state index is 12.5. The lowest BCUT2D eigenvalue weighted by atomic mass is 9.96. The van der Waals surface area contributed by atoms with Crippen molar-refractivity contribution >= 4 is 34.1 Å². The SMILES string of the molecule is O=C(NC1CCCCC1)N1CCN(c2nc(-c3ccc(Cl)cc3)cs2)CC1. The molecule has 0 spiro atoms. The second-order valence-electron chi connectivity index (χ2n) is 7.28. The number of halogens is 1. The molecule has 7 heteroatoms. The average Bonchev–Trinajstić information content (AvgIpc) is 3.20. The van der Waals surface area contributed by atoms with Crippen molar-refractivity contribution in [3.05, 3.63) is 34.7 Å². The largest absolute Gasteiger partial charge is 0.345 e. The molecule has 0 atom stereocenters. The zero-order valence-electron chi connectivity index (χ0n) is 15.4. The van der Waals surface area contributed by atoms with E-state index in [0.717, 1.165) is 60.4 Å². The summed E-state index contributed by atoms with van der Waals surface area (Å²) >= 11 is 7.62. The molecule has 2 aromatic rings. The number of urea groups is 1. The van der Waals surface area contributed by atoms with E-state index in [4.69, 9.17) is 16.6 Å². The molecule has 1 aliphatic carbocycles. The Morgan fingerprint density at radius 2 is 1.78 bits per heavy atom. The van der Waals surface area contributed by atoms with E-state index in [2.05, 4.69) is 15.6 Å². The van der Waals surface area contributed by atoms with Crippen molar-refractivity contribution in [1.82, 2.24) is 15.2 Å². The molecule has 2 aliphatic rings. The Balaban J connectivity index is 1.31. The molecule has 2 heterocycles. The van der Waals surface area contributed by atoms with E-state index in [1.807, 2.05) is 29.2 Å². The van der Waals surface area contributed by atoms with Crippen LogP contribution < -0.4 is 10.2 Å². The fourth-order valence-electron chi connectivity index (χ4n) is 3.78. The van der Waals surface area contributed by atoms with Crippen molar-refractivity contribution in [2.75, 3.05) is 31.1 Å². The highest BCUT2D eigenvalue weighted by Crippen LogP contribution is 2.29. The van der Waals surface area contributed by atoms with Crippen molar-refractivity contribution in [2.45, 2.75) is 38.1 Å². The number of rotatable bonds is 3. The summed E-state index contributed by atoms with van der Waals surface area (Å²) in [4.78, 5) is 21.5. The van der Waals surface area contributed by atoms with E-state index in [1.54, 1.807) is 11.3 Å². The Bertz CT molecular complexity index is 765. The first-order valence-corrected chi connectivity index (χ1v) is 11.0. The van der Waals surface area contributed by atoms with Crippen LogP contribution in [0.4, 0.5) is 9.93 Å². The van der Waals surface area contributed by atoms with Crippen LogP contribution in [0.3, 0.4) is 0 Å². The molecule has 1 aliphatic heterocycles. The van der Waals surface area contributed by atoms with Gasteiger partial charge in [0.15, 0.2) is 5.13 Å². The number of hydrogen-bond donors (Lipinski definition) is 1. The van der Waals surface area contributed by atoms with Gasteiger partial charge in [-0.05, 0) is 25.0 Å². The van der Waals surface area contributed by atoms with Crippen molar-refractivity contribution in [3.8, 4) is 11.3 Å². The summed E-state index contributed by atoms with van der Waals surface area (Å²) in [5.74, 6) is 0. The van der Waals surface area contributed by atoms with E-state index in [-0.39, 0.29) is 6.03 Å². The highest BCUT2D eigenvalue weighted by Gasteiger charge is 2.25. The fourth-order valence-corrected chi connectivity index (χ4v) is 4.79. The first-order valence-electron chi connectivity index (χ1n) is 9.71. The molecule has 0 radical (unpaired) electrons. The smallest absolute Gasteiger partial charge is 0.317 e. The van der Waals surface area contributed by atoms with E-state index < -0.39 is 0 Å². The predicted octanol–water partition coefficient (Wildman–Crippen LogP) is 4.63. The number of benzene rings is 1. The van der Waals surface area contributed by atoms with Gasteiger partial charge in [-0.3, -0.25) is 0 Å². The number of carbonyl (C=O) groups excluding carboxylic acids is 1. The monoisotopic (exact) mass is 404 g/mol. The third-order valence-electron chi connectivity index (χ3n) is 5.40. The molecule has 2 amide bonds. The molecular formula is C20H25ClN4OS. The first-order chi connectivity index (χ1) is 13.2. The zero-order valence-corrected chi connectivity index (χ0v) is 16.9. The van der Waals surface area contributed by atoms with Gasteiger partial charge in [0.05, 0.1) is 5.69 Å². The fraction of sp³-hybridized carbons (Fsp3) is 0.500. The van der Waals surface area contributed by atoms with Crippen LogP contribution in [-0.4, -0.2) is 48.1 Å². The topological polar surface area (TPSA) is 48.5 Å². The van der Waals surface area contributed by atoms with Gasteiger partial charge in [-0.2, -0.15) is 0 Å². The maximum Gasteiger partial charge on any atom is 0.317 e. The number of thiazole rings is 1. The third kappa shape index (κ3) is 4.55. The first kappa shape index (κ1) is 18.6. The van der Waals surface area contributed by atoms with Crippen molar-refractivity contribution in [1.29, 1.82) is 0 Å². The Morgan fingerprint density at radius 1 is 1.07 bits per heavy atom. The van der Waals surface area contributed by atoms with Crippen LogP contribution in [0, 0.1) is 0 Å². The van der Waals surface area contributed by atoms with E-state index in [1.165, 1.54) is 19.3 Å². The summed E-state index contributed by atoms with van der Waals surface area (Å²) in [5, 5.41) is 7.06. The lowest BCUT2D eigenvalue weighted by Gasteiger charge is -2.35. The summed E-state index contributed by atoms with van der Waals surface area (Å²) in [6.45, 7) is 3.14. The van der Waals surface area contributed by atoms with Crippen LogP contribution in [0.2, 0.25) is 5.02 Å². The quantitative estimate of drug-likeness (QED) is 0.811. The average molecular weight is 405 g/mol. The molecule has 2 fully saturated rings. The van der Waals surface area contributed by atoms with Gasteiger partial charge in [0.25, 0.3) is 0 Å². The number of piperazine rings is 1. The number of amides is 2. The molecule has 1 aromatic carbocycles. The van der Waals surface area contributed by atoms with Crippen LogP contribution in [0.25, 0.3) is 11.3 Å². The summed E-state index contributed by atoms with van der Waals surface area (Å²) in [6.07, 6.45) is 6.02. The molecule has 5 nitrogen and oxygen atoms in total. The van der Waals surface area contributed by atoms with Gasteiger partial charge >= 0.3 is 6.03 Å². The second-order valence-corrected chi connectivity index (χ2v) is 8.55. The summed E-state index contributed by atoms with van der Waals surface area (Å²) < 4.78 is 0. The minimum atomic E-state index is 0.0996. The summed E-state index contributed by atoms with van der Waals surface area (Å²) in [5.41, 5.74) is 2.05. The van der Waals surface area contributed by atoms with Gasteiger partial charge in [-0.25, -0.2) is 9.78 Å². The molecule has 4 rings (SSSR count). The van der Waals surface area contributed by atoms with Crippen molar-refractivity contribution in [2.24, 2.45) is 0 Å². The standard InChI is InChI=1S/C20H25ClN4OS/c21-16-8-6-15(7-9-16)18-14-27-20(23-18)25-12-10-24(11-13-25)19(26)22-17-4-2-1-3-5-17/h6-9,14,17H,1-5,10-13H2,(H,22,26). The highest BCUT2D eigenvalue weighted by molar-refractivity contribution is 7.14. The molecule has 27 heavy (non-hydrogen) atoms. The number of carbonyl (C=O) groups is 1.